The van der Waals surface area contributed by atoms with E-state index in [1.807, 2.05) is 17.0 Å². The SMILES string of the molecule is O=C(CN1CCN(C(=O)c2ccc(Cl)s2)CC1)Nc1ccccc1Cl. The van der Waals surface area contributed by atoms with E-state index in [0.717, 1.165) is 0 Å². The summed E-state index contributed by atoms with van der Waals surface area (Å²) in [7, 11) is 0. The molecule has 3 rings (SSSR count). The Morgan fingerprint density at radius 2 is 1.76 bits per heavy atom. The molecule has 8 heteroatoms. The zero-order valence-electron chi connectivity index (χ0n) is 13.4. The highest BCUT2D eigenvalue weighted by molar-refractivity contribution is 7.17. The van der Waals surface area contributed by atoms with Gasteiger partial charge in [0, 0.05) is 26.2 Å². The van der Waals surface area contributed by atoms with Crippen LogP contribution in [0.4, 0.5) is 5.69 Å². The van der Waals surface area contributed by atoms with Crippen LogP contribution in [0.15, 0.2) is 36.4 Å². The van der Waals surface area contributed by atoms with E-state index in [2.05, 4.69) is 5.32 Å². The number of rotatable bonds is 4. The quantitative estimate of drug-likeness (QED) is 0.859. The number of halogens is 2. The van der Waals surface area contributed by atoms with Crippen LogP contribution in [-0.4, -0.2) is 54.3 Å². The van der Waals surface area contributed by atoms with Gasteiger partial charge < -0.3 is 10.2 Å². The van der Waals surface area contributed by atoms with Gasteiger partial charge in [0.1, 0.15) is 0 Å². The molecule has 1 N–H and O–H groups in total. The normalized spacial score (nSPS) is 15.2. The second-order valence-corrected chi connectivity index (χ2v) is 7.82. The Morgan fingerprint density at radius 3 is 2.40 bits per heavy atom. The van der Waals surface area contributed by atoms with Crippen molar-refractivity contribution in [1.29, 1.82) is 0 Å². The molecular weight excluding hydrogens is 381 g/mol. The number of anilines is 1. The summed E-state index contributed by atoms with van der Waals surface area (Å²) in [6.45, 7) is 2.76. The maximum atomic E-state index is 12.4. The van der Waals surface area contributed by atoms with Crippen LogP contribution >= 0.6 is 34.5 Å². The predicted molar refractivity (Wildman–Crippen MR) is 102 cm³/mol. The number of nitrogens with zero attached hydrogens (tertiary/aromatic N) is 2. The molecule has 0 bridgehead atoms. The van der Waals surface area contributed by atoms with Crippen molar-refractivity contribution >= 4 is 52.0 Å². The zero-order valence-corrected chi connectivity index (χ0v) is 15.7. The van der Waals surface area contributed by atoms with Crippen LogP contribution in [0.2, 0.25) is 9.36 Å². The van der Waals surface area contributed by atoms with E-state index in [0.29, 0.717) is 46.1 Å². The number of nitrogens with one attached hydrogen (secondary N) is 1. The molecule has 0 radical (unpaired) electrons. The van der Waals surface area contributed by atoms with Gasteiger partial charge in [0.25, 0.3) is 5.91 Å². The smallest absolute Gasteiger partial charge is 0.264 e. The minimum absolute atomic E-state index is 0.00271. The largest absolute Gasteiger partial charge is 0.335 e. The Kier molecular flexibility index (Phi) is 5.96. The summed E-state index contributed by atoms with van der Waals surface area (Å²) in [5, 5.41) is 3.33. The number of hydrogen-bond donors (Lipinski definition) is 1. The fourth-order valence-corrected chi connectivity index (χ4v) is 3.84. The Labute approximate surface area is 160 Å². The van der Waals surface area contributed by atoms with Crippen LogP contribution in [0.25, 0.3) is 0 Å². The van der Waals surface area contributed by atoms with E-state index >= 15 is 0 Å². The van der Waals surface area contributed by atoms with Gasteiger partial charge in [-0.15, -0.1) is 11.3 Å². The minimum Gasteiger partial charge on any atom is -0.335 e. The van der Waals surface area contributed by atoms with Crippen molar-refractivity contribution in [1.82, 2.24) is 9.80 Å². The van der Waals surface area contributed by atoms with E-state index in [1.54, 1.807) is 29.2 Å². The number of amides is 2. The summed E-state index contributed by atoms with van der Waals surface area (Å²) in [6, 6.07) is 10.6. The third kappa shape index (κ3) is 4.73. The average Bonchev–Trinajstić information content (AvgIpc) is 3.03. The minimum atomic E-state index is -0.113. The average molecular weight is 398 g/mol. The summed E-state index contributed by atoms with van der Waals surface area (Å²) in [5.74, 6) is -0.116. The highest BCUT2D eigenvalue weighted by Crippen LogP contribution is 2.23. The van der Waals surface area contributed by atoms with Crippen molar-refractivity contribution in [2.45, 2.75) is 0 Å². The second-order valence-electron chi connectivity index (χ2n) is 5.70. The highest BCUT2D eigenvalue weighted by atomic mass is 35.5. The fraction of sp³-hybridized carbons (Fsp3) is 0.294. The Bertz CT molecular complexity index is 773. The van der Waals surface area contributed by atoms with Crippen LogP contribution in [0.5, 0.6) is 0 Å². The number of hydrogen-bond acceptors (Lipinski definition) is 4. The Balaban J connectivity index is 1.48. The molecule has 0 saturated carbocycles. The lowest BCUT2D eigenvalue weighted by atomic mass is 10.2. The van der Waals surface area contributed by atoms with Gasteiger partial charge in [0.05, 0.1) is 26.5 Å². The monoisotopic (exact) mass is 397 g/mol. The van der Waals surface area contributed by atoms with Crippen LogP contribution < -0.4 is 5.32 Å². The first-order chi connectivity index (χ1) is 12.0. The molecule has 0 spiro atoms. The van der Waals surface area contributed by atoms with Crippen molar-refractivity contribution in [2.24, 2.45) is 0 Å². The van der Waals surface area contributed by atoms with E-state index in [9.17, 15) is 9.59 Å². The first-order valence-electron chi connectivity index (χ1n) is 7.84. The molecule has 1 saturated heterocycles. The Morgan fingerprint density at radius 1 is 1.04 bits per heavy atom. The third-order valence-corrected chi connectivity index (χ3v) is 5.51. The summed E-state index contributed by atoms with van der Waals surface area (Å²) >= 11 is 13.2. The lowest BCUT2D eigenvalue weighted by Crippen LogP contribution is -2.50. The summed E-state index contributed by atoms with van der Waals surface area (Å²) in [6.07, 6.45) is 0. The van der Waals surface area contributed by atoms with Crippen molar-refractivity contribution in [2.75, 3.05) is 38.0 Å². The van der Waals surface area contributed by atoms with Crippen molar-refractivity contribution in [3.63, 3.8) is 0 Å². The molecule has 1 fully saturated rings. The Hall–Kier alpha value is -1.60. The number of benzene rings is 1. The number of carbonyl (C=O) groups is 2. The number of para-hydroxylation sites is 1. The van der Waals surface area contributed by atoms with Crippen LogP contribution in [-0.2, 0) is 4.79 Å². The van der Waals surface area contributed by atoms with Crippen molar-refractivity contribution < 1.29 is 9.59 Å². The standard InChI is InChI=1S/C17H17Cl2N3O2S/c18-12-3-1-2-4-13(12)20-16(23)11-21-7-9-22(10-8-21)17(24)14-5-6-15(19)25-14/h1-6H,7-11H2,(H,20,23). The molecule has 1 aromatic heterocycles. The maximum absolute atomic E-state index is 12.4. The zero-order chi connectivity index (χ0) is 17.8. The molecule has 2 heterocycles. The molecule has 132 valence electrons. The van der Waals surface area contributed by atoms with Gasteiger partial charge in [-0.3, -0.25) is 14.5 Å². The second kappa shape index (κ2) is 8.19. The van der Waals surface area contributed by atoms with Gasteiger partial charge in [0.15, 0.2) is 0 Å². The van der Waals surface area contributed by atoms with Gasteiger partial charge >= 0.3 is 0 Å². The molecule has 0 unspecified atom stereocenters. The topological polar surface area (TPSA) is 52.7 Å². The summed E-state index contributed by atoms with van der Waals surface area (Å²) < 4.78 is 0.609. The first kappa shape index (κ1) is 18.2. The van der Waals surface area contributed by atoms with E-state index in [1.165, 1.54) is 11.3 Å². The van der Waals surface area contributed by atoms with Gasteiger partial charge in [-0.05, 0) is 24.3 Å². The van der Waals surface area contributed by atoms with Gasteiger partial charge in [-0.25, -0.2) is 0 Å². The molecule has 25 heavy (non-hydrogen) atoms. The lowest BCUT2D eigenvalue weighted by Gasteiger charge is -2.34. The first-order valence-corrected chi connectivity index (χ1v) is 9.41. The van der Waals surface area contributed by atoms with Crippen LogP contribution in [0.3, 0.4) is 0 Å². The summed E-state index contributed by atoms with van der Waals surface area (Å²) in [5.41, 5.74) is 0.609. The third-order valence-electron chi connectivity index (χ3n) is 3.96. The molecular formula is C17H17Cl2N3O2S. The molecule has 1 aliphatic rings. The van der Waals surface area contributed by atoms with E-state index < -0.39 is 0 Å². The van der Waals surface area contributed by atoms with E-state index in [-0.39, 0.29) is 18.4 Å². The fourth-order valence-electron chi connectivity index (χ4n) is 2.65. The van der Waals surface area contributed by atoms with Gasteiger partial charge in [-0.1, -0.05) is 35.3 Å². The number of carbonyl (C=O) groups excluding carboxylic acids is 2. The molecule has 1 aliphatic heterocycles. The molecule has 1 aromatic carbocycles. The maximum Gasteiger partial charge on any atom is 0.264 e. The summed E-state index contributed by atoms with van der Waals surface area (Å²) in [4.78, 5) is 29.0. The predicted octanol–water partition coefficient (Wildman–Crippen LogP) is 3.45. The number of piperazine rings is 1. The molecule has 5 nitrogen and oxygen atoms in total. The van der Waals surface area contributed by atoms with E-state index in [4.69, 9.17) is 23.2 Å². The van der Waals surface area contributed by atoms with Gasteiger partial charge in [-0.2, -0.15) is 0 Å². The number of thiophene rings is 1. The molecule has 0 aliphatic carbocycles. The lowest BCUT2D eigenvalue weighted by molar-refractivity contribution is -0.117. The van der Waals surface area contributed by atoms with Gasteiger partial charge in [0.2, 0.25) is 5.91 Å². The van der Waals surface area contributed by atoms with Crippen LogP contribution in [0, 0.1) is 0 Å². The van der Waals surface area contributed by atoms with Crippen LogP contribution in [0.1, 0.15) is 9.67 Å². The van der Waals surface area contributed by atoms with Crippen molar-refractivity contribution in [3.05, 3.63) is 50.6 Å². The molecule has 0 atom stereocenters. The van der Waals surface area contributed by atoms with Crippen molar-refractivity contribution in [3.8, 4) is 0 Å². The molecule has 2 aromatic rings. The highest BCUT2D eigenvalue weighted by Gasteiger charge is 2.24. The molecule has 2 amide bonds.